The molecule has 0 radical (unpaired) electrons. The van der Waals surface area contributed by atoms with E-state index in [2.05, 4.69) is 5.32 Å². The molecule has 6 heteroatoms. The standard InChI is InChI=1S/C21H23NO5/c1-24-16-6-8-17(9-7-16)27-21(11-3-2-4-12-21)20(23)22-15-5-10-18-19(13-15)26-14-25-18/h5-10,13H,2-4,11-12,14H2,1H3,(H,22,23). The molecule has 1 aliphatic carbocycles. The molecular formula is C21H23NO5. The molecular weight excluding hydrogens is 346 g/mol. The normalized spacial score (nSPS) is 17.2. The lowest BCUT2D eigenvalue weighted by Gasteiger charge is -2.36. The number of benzene rings is 2. The van der Waals surface area contributed by atoms with Gasteiger partial charge >= 0.3 is 0 Å². The summed E-state index contributed by atoms with van der Waals surface area (Å²) >= 11 is 0. The van der Waals surface area contributed by atoms with Crippen LogP contribution in [0, 0.1) is 0 Å². The minimum atomic E-state index is -0.872. The molecule has 2 aromatic rings. The topological polar surface area (TPSA) is 66.0 Å². The fourth-order valence-corrected chi connectivity index (χ4v) is 3.59. The lowest BCUT2D eigenvalue weighted by Crippen LogP contribution is -2.49. The molecule has 142 valence electrons. The second-order valence-electron chi connectivity index (χ2n) is 6.85. The highest BCUT2D eigenvalue weighted by Gasteiger charge is 2.42. The molecule has 0 spiro atoms. The van der Waals surface area contributed by atoms with Crippen LogP contribution in [0.25, 0.3) is 0 Å². The number of ether oxygens (including phenoxy) is 4. The third-order valence-corrected chi connectivity index (χ3v) is 5.08. The largest absolute Gasteiger partial charge is 0.497 e. The van der Waals surface area contributed by atoms with Crippen molar-refractivity contribution in [2.45, 2.75) is 37.7 Å². The summed E-state index contributed by atoms with van der Waals surface area (Å²) in [4.78, 5) is 13.2. The van der Waals surface area contributed by atoms with Crippen molar-refractivity contribution in [2.24, 2.45) is 0 Å². The summed E-state index contributed by atoms with van der Waals surface area (Å²) < 4.78 is 22.2. The molecule has 2 aromatic carbocycles. The molecule has 1 amide bonds. The first-order valence-electron chi connectivity index (χ1n) is 9.23. The maximum atomic E-state index is 13.2. The van der Waals surface area contributed by atoms with E-state index in [-0.39, 0.29) is 12.7 Å². The van der Waals surface area contributed by atoms with E-state index in [1.165, 1.54) is 0 Å². The third-order valence-electron chi connectivity index (χ3n) is 5.08. The van der Waals surface area contributed by atoms with Gasteiger partial charge in [0.15, 0.2) is 17.1 Å². The molecule has 0 saturated heterocycles. The molecule has 4 rings (SSSR count). The number of hydrogen-bond acceptors (Lipinski definition) is 5. The number of rotatable bonds is 5. The van der Waals surface area contributed by atoms with Crippen molar-refractivity contribution in [3.63, 3.8) is 0 Å². The van der Waals surface area contributed by atoms with E-state index in [4.69, 9.17) is 18.9 Å². The van der Waals surface area contributed by atoms with Crippen LogP contribution in [0.2, 0.25) is 0 Å². The van der Waals surface area contributed by atoms with Gasteiger partial charge in [0.2, 0.25) is 6.79 Å². The number of anilines is 1. The molecule has 1 saturated carbocycles. The van der Waals surface area contributed by atoms with Crippen LogP contribution in [0.4, 0.5) is 5.69 Å². The SMILES string of the molecule is COc1ccc(OC2(C(=O)Nc3ccc4c(c3)OCO4)CCCCC2)cc1. The zero-order valence-corrected chi connectivity index (χ0v) is 15.3. The van der Waals surface area contributed by atoms with Gasteiger partial charge < -0.3 is 24.3 Å². The fraction of sp³-hybridized carbons (Fsp3) is 0.381. The van der Waals surface area contributed by atoms with E-state index in [1.54, 1.807) is 19.2 Å². The molecule has 2 aliphatic rings. The molecule has 6 nitrogen and oxygen atoms in total. The first-order valence-corrected chi connectivity index (χ1v) is 9.23. The zero-order chi connectivity index (χ0) is 18.7. The van der Waals surface area contributed by atoms with E-state index >= 15 is 0 Å². The Morgan fingerprint density at radius 1 is 0.963 bits per heavy atom. The summed E-state index contributed by atoms with van der Waals surface area (Å²) in [5.74, 6) is 2.62. The van der Waals surface area contributed by atoms with Crippen molar-refractivity contribution in [3.05, 3.63) is 42.5 Å². The third kappa shape index (κ3) is 3.65. The van der Waals surface area contributed by atoms with Gasteiger partial charge in [0.05, 0.1) is 7.11 Å². The Bertz CT molecular complexity index is 812. The summed E-state index contributed by atoms with van der Waals surface area (Å²) in [7, 11) is 1.62. The summed E-state index contributed by atoms with van der Waals surface area (Å²) in [5.41, 5.74) is -0.198. The Morgan fingerprint density at radius 3 is 2.41 bits per heavy atom. The van der Waals surface area contributed by atoms with Gasteiger partial charge in [-0.2, -0.15) is 0 Å². The highest BCUT2D eigenvalue weighted by molar-refractivity contribution is 5.98. The first-order chi connectivity index (χ1) is 13.2. The highest BCUT2D eigenvalue weighted by Crippen LogP contribution is 2.37. The highest BCUT2D eigenvalue weighted by atomic mass is 16.7. The van der Waals surface area contributed by atoms with Gasteiger partial charge in [0.25, 0.3) is 5.91 Å². The number of fused-ring (bicyclic) bond motifs is 1. The van der Waals surface area contributed by atoms with Crippen LogP contribution in [0.15, 0.2) is 42.5 Å². The number of nitrogens with one attached hydrogen (secondary N) is 1. The van der Waals surface area contributed by atoms with E-state index in [0.29, 0.717) is 35.8 Å². The number of carbonyl (C=O) groups is 1. The van der Waals surface area contributed by atoms with Crippen molar-refractivity contribution in [1.29, 1.82) is 0 Å². The molecule has 0 atom stereocenters. The second kappa shape index (κ2) is 7.39. The van der Waals surface area contributed by atoms with Gasteiger partial charge in [-0.05, 0) is 62.1 Å². The molecule has 0 bridgehead atoms. The van der Waals surface area contributed by atoms with E-state index in [9.17, 15) is 4.79 Å². The average molecular weight is 369 g/mol. The number of hydrogen-bond donors (Lipinski definition) is 1. The molecule has 27 heavy (non-hydrogen) atoms. The number of amides is 1. The number of methoxy groups -OCH3 is 1. The number of carbonyl (C=O) groups excluding carboxylic acids is 1. The van der Waals surface area contributed by atoms with Crippen LogP contribution in [-0.4, -0.2) is 25.4 Å². The Kier molecular flexibility index (Phi) is 4.79. The zero-order valence-electron chi connectivity index (χ0n) is 15.3. The van der Waals surface area contributed by atoms with Crippen molar-refractivity contribution in [3.8, 4) is 23.0 Å². The maximum Gasteiger partial charge on any atom is 0.268 e. The van der Waals surface area contributed by atoms with Crippen molar-refractivity contribution < 1.29 is 23.7 Å². The summed E-state index contributed by atoms with van der Waals surface area (Å²) in [6.45, 7) is 0.206. The Balaban J connectivity index is 1.54. The van der Waals surface area contributed by atoms with Gasteiger partial charge in [-0.15, -0.1) is 0 Å². The van der Waals surface area contributed by atoms with Gasteiger partial charge in [0.1, 0.15) is 11.5 Å². The van der Waals surface area contributed by atoms with Crippen molar-refractivity contribution in [1.82, 2.24) is 0 Å². The second-order valence-corrected chi connectivity index (χ2v) is 6.85. The minimum absolute atomic E-state index is 0.128. The summed E-state index contributed by atoms with van der Waals surface area (Å²) in [6.07, 6.45) is 4.42. The van der Waals surface area contributed by atoms with Gasteiger partial charge in [-0.3, -0.25) is 4.79 Å². The Hall–Kier alpha value is -2.89. The Morgan fingerprint density at radius 2 is 1.67 bits per heavy atom. The van der Waals surface area contributed by atoms with E-state index < -0.39 is 5.60 Å². The Labute approximate surface area is 158 Å². The van der Waals surface area contributed by atoms with Crippen LogP contribution >= 0.6 is 0 Å². The molecule has 0 aromatic heterocycles. The molecule has 1 aliphatic heterocycles. The van der Waals surface area contributed by atoms with Crippen LogP contribution in [0.5, 0.6) is 23.0 Å². The van der Waals surface area contributed by atoms with E-state index in [1.807, 2.05) is 30.3 Å². The van der Waals surface area contributed by atoms with Crippen LogP contribution in [-0.2, 0) is 4.79 Å². The quantitative estimate of drug-likeness (QED) is 0.858. The smallest absolute Gasteiger partial charge is 0.268 e. The summed E-state index contributed by atoms with van der Waals surface area (Å²) in [5, 5.41) is 3.00. The lowest BCUT2D eigenvalue weighted by molar-refractivity contribution is -0.134. The predicted octanol–water partition coefficient (Wildman–Crippen LogP) is 4.14. The minimum Gasteiger partial charge on any atom is -0.497 e. The van der Waals surface area contributed by atoms with Crippen LogP contribution in [0.1, 0.15) is 32.1 Å². The monoisotopic (exact) mass is 369 g/mol. The lowest BCUT2D eigenvalue weighted by atomic mass is 9.83. The molecule has 1 heterocycles. The van der Waals surface area contributed by atoms with Crippen LogP contribution in [0.3, 0.4) is 0 Å². The van der Waals surface area contributed by atoms with Gasteiger partial charge in [-0.25, -0.2) is 0 Å². The predicted molar refractivity (Wildman–Crippen MR) is 101 cm³/mol. The van der Waals surface area contributed by atoms with E-state index in [0.717, 1.165) is 25.0 Å². The van der Waals surface area contributed by atoms with Crippen molar-refractivity contribution in [2.75, 3.05) is 19.2 Å². The fourth-order valence-electron chi connectivity index (χ4n) is 3.59. The maximum absolute atomic E-state index is 13.2. The molecule has 0 unspecified atom stereocenters. The molecule has 1 N–H and O–H groups in total. The van der Waals surface area contributed by atoms with Crippen molar-refractivity contribution >= 4 is 11.6 Å². The average Bonchev–Trinajstić information content (AvgIpc) is 3.17. The first kappa shape index (κ1) is 17.5. The van der Waals surface area contributed by atoms with Gasteiger partial charge in [0, 0.05) is 11.8 Å². The summed E-state index contributed by atoms with van der Waals surface area (Å²) in [6, 6.07) is 12.7. The van der Waals surface area contributed by atoms with Crippen LogP contribution < -0.4 is 24.3 Å². The van der Waals surface area contributed by atoms with Gasteiger partial charge in [-0.1, -0.05) is 6.42 Å². The molecule has 1 fully saturated rings.